The first-order valence-electron chi connectivity index (χ1n) is 12.9. The molecule has 2 nitrogen and oxygen atoms in total. The van der Waals surface area contributed by atoms with E-state index in [1.165, 1.54) is 122 Å². The van der Waals surface area contributed by atoms with Crippen LogP contribution in [-0.2, 0) is 8.85 Å². The molecule has 0 spiro atoms. The van der Waals surface area contributed by atoms with Crippen molar-refractivity contribution in [3.63, 3.8) is 0 Å². The number of hydrogen-bond donors (Lipinski definition) is 0. The van der Waals surface area contributed by atoms with E-state index in [9.17, 15) is 0 Å². The molecule has 0 unspecified atom stereocenters. The summed E-state index contributed by atoms with van der Waals surface area (Å²) in [4.78, 5) is 0. The third-order valence-electron chi connectivity index (χ3n) is 5.65. The van der Waals surface area contributed by atoms with Crippen molar-refractivity contribution in [2.75, 3.05) is 13.2 Å². The normalized spacial score (nSPS) is 12.0. The lowest BCUT2D eigenvalue weighted by Gasteiger charge is -2.23. The molecule has 0 aromatic heterocycles. The van der Waals surface area contributed by atoms with E-state index >= 15 is 0 Å². The van der Waals surface area contributed by atoms with E-state index in [2.05, 4.69) is 26.9 Å². The van der Waals surface area contributed by atoms with Crippen molar-refractivity contribution < 1.29 is 8.85 Å². The number of unbranched alkanes of at least 4 members (excludes halogenated alkanes) is 17. The standard InChI is InChI=1S/C25H54O2Si/c1-5-7-9-11-13-15-16-17-19-21-23-25-27-28(3,4)26-24-22-20-18-14-12-10-8-6-2/h5-25H2,1-4H3. The molecule has 0 fully saturated rings. The van der Waals surface area contributed by atoms with E-state index in [1.54, 1.807) is 0 Å². The van der Waals surface area contributed by atoms with E-state index in [0.29, 0.717) is 0 Å². The van der Waals surface area contributed by atoms with Crippen molar-refractivity contribution in [1.29, 1.82) is 0 Å². The quantitative estimate of drug-likeness (QED) is 0.122. The van der Waals surface area contributed by atoms with Gasteiger partial charge in [0.1, 0.15) is 0 Å². The van der Waals surface area contributed by atoms with Gasteiger partial charge in [-0.1, -0.05) is 123 Å². The van der Waals surface area contributed by atoms with Gasteiger partial charge in [0.15, 0.2) is 0 Å². The van der Waals surface area contributed by atoms with Crippen molar-refractivity contribution in [2.24, 2.45) is 0 Å². The van der Waals surface area contributed by atoms with Crippen LogP contribution < -0.4 is 0 Å². The summed E-state index contributed by atoms with van der Waals surface area (Å²) in [5.74, 6) is 0. The van der Waals surface area contributed by atoms with Crippen LogP contribution in [0.1, 0.15) is 136 Å². The molecule has 0 N–H and O–H groups in total. The van der Waals surface area contributed by atoms with Crippen LogP contribution in [0.25, 0.3) is 0 Å². The summed E-state index contributed by atoms with van der Waals surface area (Å²) in [6, 6.07) is 0. The maximum Gasteiger partial charge on any atom is 0.331 e. The lowest BCUT2D eigenvalue weighted by Crippen LogP contribution is -2.35. The van der Waals surface area contributed by atoms with Crippen LogP contribution in [0.15, 0.2) is 0 Å². The molecule has 0 aromatic rings. The highest BCUT2D eigenvalue weighted by atomic mass is 28.4. The van der Waals surface area contributed by atoms with Crippen LogP contribution >= 0.6 is 0 Å². The smallest absolute Gasteiger partial charge is 0.331 e. The Morgan fingerprint density at radius 3 is 0.929 bits per heavy atom. The molecule has 0 aromatic carbocycles. The molecule has 28 heavy (non-hydrogen) atoms. The molecular weight excluding hydrogens is 360 g/mol. The largest absolute Gasteiger partial charge is 0.395 e. The van der Waals surface area contributed by atoms with E-state index in [-0.39, 0.29) is 0 Å². The second-order valence-corrected chi connectivity index (χ2v) is 12.5. The average Bonchev–Trinajstić information content (AvgIpc) is 2.67. The Balaban J connectivity index is 3.30. The predicted octanol–water partition coefficient (Wildman–Crippen LogP) is 9.17. The van der Waals surface area contributed by atoms with Crippen molar-refractivity contribution >= 4 is 8.56 Å². The Kier molecular flexibility index (Phi) is 21.9. The van der Waals surface area contributed by atoms with E-state index in [4.69, 9.17) is 8.85 Å². The zero-order valence-corrected chi connectivity index (χ0v) is 21.2. The van der Waals surface area contributed by atoms with Gasteiger partial charge in [-0.25, -0.2) is 0 Å². The zero-order valence-electron chi connectivity index (χ0n) is 20.2. The van der Waals surface area contributed by atoms with E-state index in [0.717, 1.165) is 13.2 Å². The fraction of sp³-hybridized carbons (Fsp3) is 1.00. The highest BCUT2D eigenvalue weighted by Gasteiger charge is 2.23. The van der Waals surface area contributed by atoms with E-state index < -0.39 is 8.56 Å². The fourth-order valence-corrected chi connectivity index (χ4v) is 5.03. The van der Waals surface area contributed by atoms with Crippen molar-refractivity contribution in [2.45, 2.75) is 149 Å². The SMILES string of the molecule is CCCCCCCCCCCCCO[Si](C)(C)OCCCCCCCCCC. The first-order chi connectivity index (χ1) is 13.6. The molecule has 0 atom stereocenters. The Hall–Kier alpha value is 0.137. The van der Waals surface area contributed by atoms with Crippen LogP contribution in [0.3, 0.4) is 0 Å². The van der Waals surface area contributed by atoms with Crippen LogP contribution in [0, 0.1) is 0 Å². The van der Waals surface area contributed by atoms with Gasteiger partial charge in [-0.2, -0.15) is 0 Å². The molecule has 0 bridgehead atoms. The van der Waals surface area contributed by atoms with Crippen LogP contribution in [-0.4, -0.2) is 21.8 Å². The van der Waals surface area contributed by atoms with Gasteiger partial charge in [0.05, 0.1) is 0 Å². The predicted molar refractivity (Wildman–Crippen MR) is 128 cm³/mol. The molecule has 0 rings (SSSR count). The molecule has 0 saturated carbocycles. The van der Waals surface area contributed by atoms with E-state index in [1.807, 2.05) is 0 Å². The summed E-state index contributed by atoms with van der Waals surface area (Å²) < 4.78 is 12.2. The van der Waals surface area contributed by atoms with Crippen LogP contribution in [0.5, 0.6) is 0 Å². The third-order valence-corrected chi connectivity index (χ3v) is 7.44. The minimum absolute atomic E-state index is 0.895. The van der Waals surface area contributed by atoms with Crippen molar-refractivity contribution in [3.8, 4) is 0 Å². The minimum atomic E-state index is -1.89. The molecule has 170 valence electrons. The Morgan fingerprint density at radius 1 is 0.393 bits per heavy atom. The van der Waals surface area contributed by atoms with Gasteiger partial charge >= 0.3 is 8.56 Å². The van der Waals surface area contributed by atoms with Crippen LogP contribution in [0.2, 0.25) is 13.1 Å². The number of rotatable bonds is 23. The summed E-state index contributed by atoms with van der Waals surface area (Å²) >= 11 is 0. The van der Waals surface area contributed by atoms with Gasteiger partial charge in [0.25, 0.3) is 0 Å². The molecule has 0 saturated heterocycles. The maximum absolute atomic E-state index is 6.10. The van der Waals surface area contributed by atoms with Crippen LogP contribution in [0.4, 0.5) is 0 Å². The fourth-order valence-electron chi connectivity index (χ4n) is 3.68. The Labute approximate surface area is 179 Å². The zero-order chi connectivity index (χ0) is 20.8. The summed E-state index contributed by atoms with van der Waals surface area (Å²) in [6.45, 7) is 10.8. The monoisotopic (exact) mass is 414 g/mol. The Morgan fingerprint density at radius 2 is 0.643 bits per heavy atom. The summed E-state index contributed by atoms with van der Waals surface area (Å²) in [5, 5.41) is 0. The summed E-state index contributed by atoms with van der Waals surface area (Å²) in [6.07, 6.45) is 26.1. The van der Waals surface area contributed by atoms with Gasteiger partial charge in [-0.05, 0) is 25.9 Å². The van der Waals surface area contributed by atoms with Gasteiger partial charge < -0.3 is 8.85 Å². The molecule has 3 heteroatoms. The molecule has 0 aliphatic heterocycles. The Bertz CT molecular complexity index is 294. The minimum Gasteiger partial charge on any atom is -0.395 e. The van der Waals surface area contributed by atoms with Gasteiger partial charge in [-0.15, -0.1) is 0 Å². The number of hydrogen-bond acceptors (Lipinski definition) is 2. The molecule has 0 heterocycles. The molecule has 0 radical (unpaired) electrons. The summed E-state index contributed by atoms with van der Waals surface area (Å²) in [5.41, 5.74) is 0. The van der Waals surface area contributed by atoms with Crippen molar-refractivity contribution in [1.82, 2.24) is 0 Å². The second-order valence-electron chi connectivity index (χ2n) is 9.11. The molecular formula is C25H54O2Si. The highest BCUT2D eigenvalue weighted by Crippen LogP contribution is 2.14. The first kappa shape index (κ1) is 28.1. The molecule has 0 aliphatic carbocycles. The second kappa shape index (κ2) is 21.8. The van der Waals surface area contributed by atoms with Crippen molar-refractivity contribution in [3.05, 3.63) is 0 Å². The highest BCUT2D eigenvalue weighted by molar-refractivity contribution is 6.64. The lowest BCUT2D eigenvalue weighted by atomic mass is 10.1. The average molecular weight is 415 g/mol. The first-order valence-corrected chi connectivity index (χ1v) is 15.7. The lowest BCUT2D eigenvalue weighted by molar-refractivity contribution is 0.172. The maximum atomic E-state index is 6.10. The van der Waals surface area contributed by atoms with Gasteiger partial charge in [0, 0.05) is 13.2 Å². The van der Waals surface area contributed by atoms with Gasteiger partial charge in [-0.3, -0.25) is 0 Å². The molecule has 0 amide bonds. The molecule has 0 aliphatic rings. The third kappa shape index (κ3) is 22.4. The topological polar surface area (TPSA) is 18.5 Å². The summed E-state index contributed by atoms with van der Waals surface area (Å²) in [7, 11) is -1.89. The van der Waals surface area contributed by atoms with Gasteiger partial charge in [0.2, 0.25) is 0 Å².